The summed E-state index contributed by atoms with van der Waals surface area (Å²) < 4.78 is 16.0. The first kappa shape index (κ1) is 23.1. The summed E-state index contributed by atoms with van der Waals surface area (Å²) in [5.74, 6) is -5.49. The maximum Gasteiger partial charge on any atom is 0.335 e. The van der Waals surface area contributed by atoms with Crippen LogP contribution in [-0.2, 0) is 9.53 Å². The van der Waals surface area contributed by atoms with Crippen molar-refractivity contribution in [1.82, 2.24) is 0 Å². The number of phenols is 4. The van der Waals surface area contributed by atoms with Gasteiger partial charge in [-0.1, -0.05) is 0 Å². The summed E-state index contributed by atoms with van der Waals surface area (Å²) in [5, 5.41) is 78.4. The van der Waals surface area contributed by atoms with Crippen molar-refractivity contribution < 1.29 is 59.5 Å². The number of benzene rings is 2. The lowest BCUT2D eigenvalue weighted by molar-refractivity contribution is -0.271. The topological polar surface area (TPSA) is 228 Å². The molecule has 2 heterocycles. The quantitative estimate of drug-likeness (QED) is 0.176. The Morgan fingerprint density at radius 2 is 1.56 bits per heavy atom. The molecule has 0 amide bonds. The molecule has 0 saturated carbocycles. The third-order valence-corrected chi connectivity index (χ3v) is 5.23. The zero-order chi connectivity index (χ0) is 24.9. The molecule has 34 heavy (non-hydrogen) atoms. The minimum absolute atomic E-state index is 0.0784. The fraction of sp³-hybridized carbons (Fsp3) is 0.238. The highest BCUT2D eigenvalue weighted by Crippen LogP contribution is 2.42. The molecule has 1 aliphatic rings. The minimum Gasteiger partial charge on any atom is -0.508 e. The number of aromatic hydroxyl groups is 4. The van der Waals surface area contributed by atoms with Gasteiger partial charge in [-0.2, -0.15) is 0 Å². The average Bonchev–Trinajstić information content (AvgIpc) is 2.79. The number of hydrogen-bond acceptors (Lipinski definition) is 12. The van der Waals surface area contributed by atoms with E-state index in [-0.39, 0.29) is 11.3 Å². The number of rotatable bonds is 4. The van der Waals surface area contributed by atoms with E-state index in [1.54, 1.807) is 0 Å². The Bertz CT molecular complexity index is 1310. The summed E-state index contributed by atoms with van der Waals surface area (Å²) in [5.41, 5.74) is -1.67. The second kappa shape index (κ2) is 8.39. The number of ether oxygens (including phenoxy) is 2. The normalized spacial score (nSPS) is 24.7. The Hall–Kier alpha value is -4.04. The summed E-state index contributed by atoms with van der Waals surface area (Å²) in [6.45, 7) is 0. The maximum absolute atomic E-state index is 13.3. The van der Waals surface area contributed by atoms with Gasteiger partial charge >= 0.3 is 5.97 Å². The summed E-state index contributed by atoms with van der Waals surface area (Å²) in [4.78, 5) is 24.6. The van der Waals surface area contributed by atoms with Crippen LogP contribution in [0.15, 0.2) is 39.5 Å². The lowest BCUT2D eigenvalue weighted by Crippen LogP contribution is -2.61. The summed E-state index contributed by atoms with van der Waals surface area (Å²) in [6.07, 6.45) is -10.1. The van der Waals surface area contributed by atoms with Gasteiger partial charge in [0.15, 0.2) is 23.2 Å². The van der Waals surface area contributed by atoms with Crippen molar-refractivity contribution in [2.45, 2.75) is 30.7 Å². The minimum atomic E-state index is -2.03. The van der Waals surface area contributed by atoms with Crippen LogP contribution >= 0.6 is 0 Å². The van der Waals surface area contributed by atoms with Crippen LogP contribution in [0.1, 0.15) is 0 Å². The molecule has 0 spiro atoms. The van der Waals surface area contributed by atoms with Crippen LogP contribution in [0.25, 0.3) is 22.3 Å². The van der Waals surface area contributed by atoms with E-state index in [9.17, 15) is 50.4 Å². The number of hydrogen-bond donors (Lipinski definition) is 8. The van der Waals surface area contributed by atoms with Crippen molar-refractivity contribution in [3.63, 3.8) is 0 Å². The number of aliphatic carboxylic acids is 1. The fourth-order valence-corrected chi connectivity index (χ4v) is 3.48. The van der Waals surface area contributed by atoms with E-state index in [1.807, 2.05) is 0 Å². The Morgan fingerprint density at radius 1 is 0.912 bits per heavy atom. The predicted octanol–water partition coefficient (Wildman–Crippen LogP) is -0.447. The molecule has 1 saturated heterocycles. The van der Waals surface area contributed by atoms with Crippen molar-refractivity contribution in [2.75, 3.05) is 0 Å². The van der Waals surface area contributed by atoms with Crippen LogP contribution in [0.4, 0.5) is 0 Å². The van der Waals surface area contributed by atoms with Gasteiger partial charge in [0.2, 0.25) is 23.2 Å². The van der Waals surface area contributed by atoms with Crippen molar-refractivity contribution in [1.29, 1.82) is 0 Å². The number of aliphatic hydroxyl groups excluding tert-OH is 3. The predicted molar refractivity (Wildman–Crippen MR) is 110 cm³/mol. The van der Waals surface area contributed by atoms with Gasteiger partial charge in [-0.05, 0) is 24.3 Å². The monoisotopic (exact) mass is 478 g/mol. The molecule has 0 unspecified atom stereocenters. The zero-order valence-corrected chi connectivity index (χ0v) is 16.9. The van der Waals surface area contributed by atoms with Gasteiger partial charge in [-0.15, -0.1) is 0 Å². The molecule has 0 bridgehead atoms. The Kier molecular flexibility index (Phi) is 5.70. The SMILES string of the molecule is O=C(O)[C@H]1O[C@@H](Oc2c(-c3ccc(O)cc3)oc3c(O)c(O)cc(O)c3c2=O)[C@H](O)[C@@H](O)[C@@H]1O. The first-order chi connectivity index (χ1) is 16.0. The Labute approximate surface area is 188 Å². The number of aliphatic hydroxyl groups is 3. The Balaban J connectivity index is 1.93. The van der Waals surface area contributed by atoms with Crippen LogP contribution in [-0.4, -0.2) is 77.5 Å². The van der Waals surface area contributed by atoms with Gasteiger partial charge in [-0.3, -0.25) is 4.79 Å². The van der Waals surface area contributed by atoms with Gasteiger partial charge in [0, 0.05) is 11.6 Å². The highest BCUT2D eigenvalue weighted by molar-refractivity contribution is 5.93. The first-order valence-electron chi connectivity index (χ1n) is 9.64. The second-order valence-corrected chi connectivity index (χ2v) is 7.46. The van der Waals surface area contributed by atoms with E-state index in [1.165, 1.54) is 24.3 Å². The van der Waals surface area contributed by atoms with E-state index in [0.717, 1.165) is 0 Å². The number of carboxylic acids is 1. The number of carboxylic acid groups (broad SMARTS) is 1. The van der Waals surface area contributed by atoms with Gasteiger partial charge in [0.05, 0.1) is 0 Å². The zero-order valence-electron chi connectivity index (χ0n) is 16.9. The molecule has 2 aromatic carbocycles. The lowest BCUT2D eigenvalue weighted by Gasteiger charge is -2.38. The molecule has 3 aromatic rings. The van der Waals surface area contributed by atoms with E-state index < -0.39 is 81.8 Å². The molecule has 5 atom stereocenters. The first-order valence-corrected chi connectivity index (χ1v) is 9.64. The van der Waals surface area contributed by atoms with E-state index in [2.05, 4.69) is 0 Å². The standard InChI is InChI=1S/C21H18O13/c22-7-3-1-6(2-4-7)16-18(12(26)10-8(23)5-9(24)11(25)17(10)32-16)33-21-15(29)13(27)14(28)19(34-21)20(30)31/h1-5,13-15,19,21-25,27-29H,(H,30,31)/t13-,14-,15+,19-,21+/m0/s1. The second-order valence-electron chi connectivity index (χ2n) is 7.46. The number of carbonyl (C=O) groups is 1. The summed E-state index contributed by atoms with van der Waals surface area (Å²) in [7, 11) is 0. The molecule has 13 heteroatoms. The molecule has 1 aliphatic heterocycles. The van der Waals surface area contributed by atoms with E-state index in [0.29, 0.717) is 6.07 Å². The van der Waals surface area contributed by atoms with E-state index in [4.69, 9.17) is 13.9 Å². The van der Waals surface area contributed by atoms with Crippen LogP contribution in [0.2, 0.25) is 0 Å². The van der Waals surface area contributed by atoms with Crippen LogP contribution < -0.4 is 10.2 Å². The van der Waals surface area contributed by atoms with Crippen molar-refractivity contribution in [3.8, 4) is 40.1 Å². The molecule has 13 nitrogen and oxygen atoms in total. The van der Waals surface area contributed by atoms with E-state index >= 15 is 0 Å². The smallest absolute Gasteiger partial charge is 0.335 e. The maximum atomic E-state index is 13.3. The molecular formula is C21H18O13. The van der Waals surface area contributed by atoms with Crippen molar-refractivity contribution in [3.05, 3.63) is 40.6 Å². The summed E-state index contributed by atoms with van der Waals surface area (Å²) >= 11 is 0. The number of fused-ring (bicyclic) bond motifs is 1. The van der Waals surface area contributed by atoms with Crippen LogP contribution in [0.3, 0.4) is 0 Å². The Morgan fingerprint density at radius 3 is 2.18 bits per heavy atom. The molecule has 0 aliphatic carbocycles. The highest BCUT2D eigenvalue weighted by atomic mass is 16.7. The third kappa shape index (κ3) is 3.72. The molecule has 8 N–H and O–H groups in total. The highest BCUT2D eigenvalue weighted by Gasteiger charge is 2.48. The fourth-order valence-electron chi connectivity index (χ4n) is 3.48. The van der Waals surface area contributed by atoms with Gasteiger partial charge in [0.25, 0.3) is 0 Å². The van der Waals surface area contributed by atoms with Crippen LogP contribution in [0.5, 0.6) is 28.7 Å². The van der Waals surface area contributed by atoms with Gasteiger partial charge in [0.1, 0.15) is 35.2 Å². The van der Waals surface area contributed by atoms with Crippen LogP contribution in [0, 0.1) is 0 Å². The third-order valence-electron chi connectivity index (χ3n) is 5.23. The number of phenolic OH excluding ortho intramolecular Hbond substituents is 4. The molecule has 180 valence electrons. The largest absolute Gasteiger partial charge is 0.508 e. The molecule has 1 fully saturated rings. The lowest BCUT2D eigenvalue weighted by atomic mass is 9.99. The average molecular weight is 478 g/mol. The van der Waals surface area contributed by atoms with Gasteiger partial charge < -0.3 is 54.7 Å². The van der Waals surface area contributed by atoms with Crippen molar-refractivity contribution in [2.24, 2.45) is 0 Å². The van der Waals surface area contributed by atoms with Crippen molar-refractivity contribution >= 4 is 16.9 Å². The van der Waals surface area contributed by atoms with Gasteiger partial charge in [-0.25, -0.2) is 4.79 Å². The molecule has 0 radical (unpaired) electrons. The molecule has 4 rings (SSSR count). The summed E-state index contributed by atoms with van der Waals surface area (Å²) in [6, 6.07) is 5.67. The molecular weight excluding hydrogens is 460 g/mol. The molecule has 1 aromatic heterocycles.